The fourth-order valence-electron chi connectivity index (χ4n) is 3.12. The van der Waals surface area contributed by atoms with E-state index in [4.69, 9.17) is 4.74 Å². The smallest absolute Gasteiger partial charge is 0.228 e. The minimum absolute atomic E-state index is 0.0867. The van der Waals surface area contributed by atoms with Crippen LogP contribution < -0.4 is 5.32 Å². The number of ether oxygens (including phenoxy) is 1. The van der Waals surface area contributed by atoms with E-state index in [9.17, 15) is 4.79 Å². The molecule has 2 saturated heterocycles. The first-order chi connectivity index (χ1) is 8.72. The maximum absolute atomic E-state index is 12.4. The number of carbonyl (C=O) groups is 1. The zero-order valence-electron chi connectivity index (χ0n) is 11.7. The first-order valence-electron chi connectivity index (χ1n) is 7.32. The van der Waals surface area contributed by atoms with Crippen LogP contribution in [0, 0.1) is 5.92 Å². The SMILES string of the molecule is CCC1OCCC1C(=O)N(C)CC1CCCCN1. The second kappa shape index (κ2) is 6.53. The molecule has 2 heterocycles. The minimum atomic E-state index is 0.0867. The molecule has 1 amide bonds. The lowest BCUT2D eigenvalue weighted by molar-refractivity contribution is -0.136. The van der Waals surface area contributed by atoms with Crippen LogP contribution in [0.25, 0.3) is 0 Å². The Labute approximate surface area is 110 Å². The maximum atomic E-state index is 12.4. The van der Waals surface area contributed by atoms with E-state index in [1.807, 2.05) is 11.9 Å². The van der Waals surface area contributed by atoms with Crippen LogP contribution in [0.1, 0.15) is 39.0 Å². The van der Waals surface area contributed by atoms with Crippen molar-refractivity contribution in [3.63, 3.8) is 0 Å². The third-order valence-electron chi connectivity index (χ3n) is 4.21. The van der Waals surface area contributed by atoms with Crippen LogP contribution in [-0.2, 0) is 9.53 Å². The molecule has 2 fully saturated rings. The Morgan fingerprint density at radius 3 is 2.89 bits per heavy atom. The summed E-state index contributed by atoms with van der Waals surface area (Å²) in [4.78, 5) is 14.3. The van der Waals surface area contributed by atoms with Gasteiger partial charge in [-0.25, -0.2) is 0 Å². The van der Waals surface area contributed by atoms with Crippen LogP contribution in [0.4, 0.5) is 0 Å². The number of amides is 1. The van der Waals surface area contributed by atoms with Gasteiger partial charge in [0.05, 0.1) is 12.0 Å². The summed E-state index contributed by atoms with van der Waals surface area (Å²) in [5.74, 6) is 0.357. The Balaban J connectivity index is 1.83. The molecule has 0 radical (unpaired) electrons. The predicted molar refractivity (Wildman–Crippen MR) is 71.4 cm³/mol. The van der Waals surface area contributed by atoms with Gasteiger partial charge in [0.25, 0.3) is 0 Å². The molecule has 18 heavy (non-hydrogen) atoms. The van der Waals surface area contributed by atoms with Crippen molar-refractivity contribution < 1.29 is 9.53 Å². The van der Waals surface area contributed by atoms with Crippen molar-refractivity contribution in [2.75, 3.05) is 26.7 Å². The van der Waals surface area contributed by atoms with Gasteiger partial charge in [-0.3, -0.25) is 4.79 Å². The van der Waals surface area contributed by atoms with Gasteiger partial charge < -0.3 is 15.0 Å². The fraction of sp³-hybridized carbons (Fsp3) is 0.929. The molecule has 2 aliphatic rings. The monoisotopic (exact) mass is 254 g/mol. The Morgan fingerprint density at radius 2 is 2.22 bits per heavy atom. The molecule has 3 atom stereocenters. The van der Waals surface area contributed by atoms with Gasteiger partial charge in [0.15, 0.2) is 0 Å². The maximum Gasteiger partial charge on any atom is 0.228 e. The lowest BCUT2D eigenvalue weighted by Gasteiger charge is -2.30. The Bertz CT molecular complexity index is 277. The molecule has 3 unspecified atom stereocenters. The van der Waals surface area contributed by atoms with E-state index < -0.39 is 0 Å². The van der Waals surface area contributed by atoms with Gasteiger partial charge in [-0.2, -0.15) is 0 Å². The summed E-state index contributed by atoms with van der Waals surface area (Å²) >= 11 is 0. The molecule has 2 rings (SSSR count). The van der Waals surface area contributed by atoms with Crippen LogP contribution in [0.3, 0.4) is 0 Å². The van der Waals surface area contributed by atoms with Crippen molar-refractivity contribution >= 4 is 5.91 Å². The molecule has 0 aromatic rings. The number of nitrogens with one attached hydrogen (secondary N) is 1. The second-order valence-electron chi connectivity index (χ2n) is 5.58. The van der Waals surface area contributed by atoms with E-state index in [0.29, 0.717) is 6.04 Å². The predicted octanol–water partition coefficient (Wildman–Crippen LogP) is 1.40. The first-order valence-corrected chi connectivity index (χ1v) is 7.32. The van der Waals surface area contributed by atoms with Crippen molar-refractivity contribution in [1.82, 2.24) is 10.2 Å². The van der Waals surface area contributed by atoms with Gasteiger partial charge in [0.2, 0.25) is 5.91 Å². The van der Waals surface area contributed by atoms with Crippen molar-refractivity contribution in [1.29, 1.82) is 0 Å². The quantitative estimate of drug-likeness (QED) is 0.824. The van der Waals surface area contributed by atoms with Gasteiger partial charge in [0, 0.05) is 26.2 Å². The molecule has 4 nitrogen and oxygen atoms in total. The number of hydrogen-bond acceptors (Lipinski definition) is 3. The highest BCUT2D eigenvalue weighted by molar-refractivity contribution is 5.79. The summed E-state index contributed by atoms with van der Waals surface area (Å²) in [6.07, 6.45) is 5.70. The number of piperidine rings is 1. The van der Waals surface area contributed by atoms with Crippen LogP contribution in [0.5, 0.6) is 0 Å². The number of likely N-dealkylation sites (N-methyl/N-ethyl adjacent to an activating group) is 1. The summed E-state index contributed by atoms with van der Waals surface area (Å²) in [7, 11) is 1.93. The summed E-state index contributed by atoms with van der Waals surface area (Å²) in [5.41, 5.74) is 0. The lowest BCUT2D eigenvalue weighted by atomic mass is 9.97. The third kappa shape index (κ3) is 3.23. The van der Waals surface area contributed by atoms with E-state index >= 15 is 0 Å². The van der Waals surface area contributed by atoms with E-state index in [2.05, 4.69) is 12.2 Å². The molecule has 0 saturated carbocycles. The van der Waals surface area contributed by atoms with E-state index in [0.717, 1.165) is 32.5 Å². The molecule has 2 aliphatic heterocycles. The Kier molecular flexibility index (Phi) is 5.01. The third-order valence-corrected chi connectivity index (χ3v) is 4.21. The van der Waals surface area contributed by atoms with Crippen molar-refractivity contribution in [2.24, 2.45) is 5.92 Å². The molecule has 0 aromatic heterocycles. The normalized spacial score (nSPS) is 32.4. The summed E-state index contributed by atoms with van der Waals surface area (Å²) in [6.45, 7) is 4.77. The highest BCUT2D eigenvalue weighted by Crippen LogP contribution is 2.25. The fourth-order valence-corrected chi connectivity index (χ4v) is 3.12. The van der Waals surface area contributed by atoms with Gasteiger partial charge in [-0.05, 0) is 32.2 Å². The van der Waals surface area contributed by atoms with Crippen molar-refractivity contribution in [3.05, 3.63) is 0 Å². The largest absolute Gasteiger partial charge is 0.377 e. The molecule has 0 spiro atoms. The molecule has 1 N–H and O–H groups in total. The molecule has 0 bridgehead atoms. The standard InChI is InChI=1S/C14H26N2O2/c1-3-13-12(7-9-18-13)14(17)16(2)10-11-6-4-5-8-15-11/h11-13,15H,3-10H2,1-2H3. The molecule has 104 valence electrons. The number of carbonyl (C=O) groups excluding carboxylic acids is 1. The van der Waals surface area contributed by atoms with Crippen molar-refractivity contribution in [3.8, 4) is 0 Å². The Morgan fingerprint density at radius 1 is 1.39 bits per heavy atom. The molecular weight excluding hydrogens is 228 g/mol. The summed E-state index contributed by atoms with van der Waals surface area (Å²) < 4.78 is 5.61. The molecule has 0 aromatic carbocycles. The van der Waals surface area contributed by atoms with Crippen LogP contribution in [0.15, 0.2) is 0 Å². The average molecular weight is 254 g/mol. The van der Waals surface area contributed by atoms with Gasteiger partial charge in [-0.15, -0.1) is 0 Å². The lowest BCUT2D eigenvalue weighted by Crippen LogP contribution is -2.46. The number of rotatable bonds is 4. The van der Waals surface area contributed by atoms with Crippen molar-refractivity contribution in [2.45, 2.75) is 51.2 Å². The van der Waals surface area contributed by atoms with Crippen LogP contribution >= 0.6 is 0 Å². The molecule has 4 heteroatoms. The second-order valence-corrected chi connectivity index (χ2v) is 5.58. The molecule has 0 aliphatic carbocycles. The first kappa shape index (κ1) is 13.8. The van der Waals surface area contributed by atoms with Gasteiger partial charge >= 0.3 is 0 Å². The highest BCUT2D eigenvalue weighted by atomic mass is 16.5. The van der Waals surface area contributed by atoms with Gasteiger partial charge in [0.1, 0.15) is 0 Å². The zero-order valence-corrected chi connectivity index (χ0v) is 11.7. The van der Waals surface area contributed by atoms with Crippen LogP contribution in [0.2, 0.25) is 0 Å². The summed E-state index contributed by atoms with van der Waals surface area (Å²) in [6, 6.07) is 0.482. The zero-order chi connectivity index (χ0) is 13.0. The van der Waals surface area contributed by atoms with Gasteiger partial charge in [-0.1, -0.05) is 13.3 Å². The number of nitrogens with zero attached hydrogens (tertiary/aromatic N) is 1. The molecular formula is C14H26N2O2. The van der Waals surface area contributed by atoms with E-state index in [-0.39, 0.29) is 17.9 Å². The number of hydrogen-bond donors (Lipinski definition) is 1. The summed E-state index contributed by atoms with van der Waals surface area (Å²) in [5, 5.41) is 3.50. The minimum Gasteiger partial charge on any atom is -0.377 e. The topological polar surface area (TPSA) is 41.6 Å². The average Bonchev–Trinajstić information content (AvgIpc) is 2.87. The Hall–Kier alpha value is -0.610. The van der Waals surface area contributed by atoms with E-state index in [1.54, 1.807) is 0 Å². The highest BCUT2D eigenvalue weighted by Gasteiger charge is 2.34. The van der Waals surface area contributed by atoms with Crippen LogP contribution in [-0.4, -0.2) is 49.7 Å². The van der Waals surface area contributed by atoms with E-state index in [1.165, 1.54) is 19.3 Å².